The maximum absolute atomic E-state index is 13.8. The van der Waals surface area contributed by atoms with Crippen LogP contribution in [0.15, 0.2) is 36.4 Å². The van der Waals surface area contributed by atoms with Gasteiger partial charge in [-0.2, -0.15) is 13.2 Å². The number of piperazine rings is 1. The highest BCUT2D eigenvalue weighted by Crippen LogP contribution is 2.40. The molecule has 2 atom stereocenters. The van der Waals surface area contributed by atoms with Gasteiger partial charge in [0.15, 0.2) is 0 Å². The molecule has 4 heterocycles. The molecular formula is C27H33F3N6O2. The van der Waals surface area contributed by atoms with Gasteiger partial charge in [-0.05, 0) is 38.2 Å². The van der Waals surface area contributed by atoms with Gasteiger partial charge in [-0.15, -0.1) is 0 Å². The van der Waals surface area contributed by atoms with Crippen LogP contribution in [0.5, 0.6) is 0 Å². The summed E-state index contributed by atoms with van der Waals surface area (Å²) in [5, 5.41) is 0. The van der Waals surface area contributed by atoms with Crippen LogP contribution in [0.2, 0.25) is 0 Å². The molecule has 5 rings (SSSR count). The van der Waals surface area contributed by atoms with Crippen molar-refractivity contribution in [1.29, 1.82) is 0 Å². The number of likely N-dealkylation sites (N-methyl/N-ethyl adjacent to an activating group) is 2. The van der Waals surface area contributed by atoms with E-state index in [2.05, 4.69) is 26.7 Å². The number of alkyl halides is 3. The summed E-state index contributed by atoms with van der Waals surface area (Å²) >= 11 is 0. The van der Waals surface area contributed by atoms with Crippen LogP contribution < -0.4 is 14.7 Å². The first kappa shape index (κ1) is 26.4. The van der Waals surface area contributed by atoms with E-state index in [4.69, 9.17) is 0 Å². The minimum absolute atomic E-state index is 0.0639. The minimum Gasteiger partial charge on any atom is -0.368 e. The molecule has 2 aromatic rings. The lowest BCUT2D eigenvalue weighted by Gasteiger charge is -2.40. The van der Waals surface area contributed by atoms with Gasteiger partial charge < -0.3 is 14.7 Å². The third-order valence-corrected chi connectivity index (χ3v) is 7.85. The molecule has 2 saturated heterocycles. The Hall–Kier alpha value is -3.18. The predicted molar refractivity (Wildman–Crippen MR) is 139 cm³/mol. The lowest BCUT2D eigenvalue weighted by atomic mass is 9.95. The molecule has 2 amide bonds. The second-order valence-corrected chi connectivity index (χ2v) is 10.5. The first-order valence-corrected chi connectivity index (χ1v) is 12.9. The molecule has 1 aromatic heterocycles. The molecule has 0 N–H and O–H groups in total. The number of para-hydroxylation sites is 2. The Balaban J connectivity index is 1.49. The maximum Gasteiger partial charge on any atom is 0.416 e. The summed E-state index contributed by atoms with van der Waals surface area (Å²) in [5.74, 6) is -1.24. The Kier molecular flexibility index (Phi) is 7.08. The van der Waals surface area contributed by atoms with Crippen molar-refractivity contribution >= 4 is 29.0 Å². The molecule has 0 unspecified atom stereocenters. The first-order valence-electron chi connectivity index (χ1n) is 12.9. The number of carbonyl (C=O) groups excluding carboxylic acids is 2. The number of aromatic nitrogens is 1. The minimum atomic E-state index is -4.59. The highest BCUT2D eigenvalue weighted by atomic mass is 19.4. The number of aryl methyl sites for hydroxylation is 1. The molecule has 8 nitrogen and oxygen atoms in total. The molecule has 38 heavy (non-hydrogen) atoms. The topological polar surface area (TPSA) is 63.2 Å². The SMILES string of the molecule is Cc1cc(C(F)(F)F)cc(N2C(=O)C[C@@H]3CN(CCN4CCN(C)CC4)c4ccccc4N(C)C(=O)[C@H]32)n1. The molecule has 0 spiro atoms. The highest BCUT2D eigenvalue weighted by Gasteiger charge is 2.49. The van der Waals surface area contributed by atoms with Gasteiger partial charge in [0, 0.05) is 70.9 Å². The lowest BCUT2D eigenvalue weighted by Crippen LogP contribution is -2.53. The number of anilines is 3. The van der Waals surface area contributed by atoms with E-state index in [-0.39, 0.29) is 23.8 Å². The fourth-order valence-electron chi connectivity index (χ4n) is 5.74. The van der Waals surface area contributed by atoms with E-state index in [0.29, 0.717) is 18.8 Å². The Morgan fingerprint density at radius 2 is 1.66 bits per heavy atom. The molecule has 204 valence electrons. The van der Waals surface area contributed by atoms with Gasteiger partial charge in [0.05, 0.1) is 16.9 Å². The fourth-order valence-corrected chi connectivity index (χ4v) is 5.74. The number of hydrogen-bond donors (Lipinski definition) is 0. The zero-order chi connectivity index (χ0) is 27.2. The van der Waals surface area contributed by atoms with Gasteiger partial charge in [0.2, 0.25) is 11.8 Å². The van der Waals surface area contributed by atoms with E-state index in [9.17, 15) is 22.8 Å². The second kappa shape index (κ2) is 10.2. The number of amides is 2. The van der Waals surface area contributed by atoms with Crippen molar-refractivity contribution < 1.29 is 22.8 Å². The van der Waals surface area contributed by atoms with Crippen molar-refractivity contribution in [1.82, 2.24) is 14.8 Å². The number of nitrogens with zero attached hydrogens (tertiary/aromatic N) is 6. The van der Waals surface area contributed by atoms with E-state index < -0.39 is 29.6 Å². The Labute approximate surface area is 220 Å². The molecule has 0 aliphatic carbocycles. The normalized spacial score (nSPS) is 23.4. The van der Waals surface area contributed by atoms with Crippen molar-refractivity contribution in [3.63, 3.8) is 0 Å². The first-order chi connectivity index (χ1) is 18.0. The van der Waals surface area contributed by atoms with Gasteiger partial charge in [-0.1, -0.05) is 12.1 Å². The van der Waals surface area contributed by atoms with Crippen molar-refractivity contribution in [2.45, 2.75) is 25.6 Å². The molecule has 1 aromatic carbocycles. The van der Waals surface area contributed by atoms with Crippen LogP contribution in [0.4, 0.5) is 30.4 Å². The predicted octanol–water partition coefficient (Wildman–Crippen LogP) is 2.86. The number of benzene rings is 1. The maximum atomic E-state index is 13.8. The molecule has 3 aliphatic rings. The fraction of sp³-hybridized carbons (Fsp3) is 0.519. The molecule has 0 bridgehead atoms. The number of carbonyl (C=O) groups is 2. The van der Waals surface area contributed by atoms with E-state index in [1.165, 1.54) is 16.7 Å². The summed E-state index contributed by atoms with van der Waals surface area (Å²) in [5.41, 5.74) is 0.871. The average Bonchev–Trinajstić information content (AvgIpc) is 3.20. The average molecular weight is 531 g/mol. The molecule has 11 heteroatoms. The van der Waals surface area contributed by atoms with Crippen LogP contribution in [-0.2, 0) is 15.8 Å². The zero-order valence-electron chi connectivity index (χ0n) is 21.9. The summed E-state index contributed by atoms with van der Waals surface area (Å²) < 4.78 is 40.7. The molecule has 3 aliphatic heterocycles. The molecular weight excluding hydrogens is 497 g/mol. The monoisotopic (exact) mass is 530 g/mol. The van der Waals surface area contributed by atoms with Gasteiger partial charge in [0.25, 0.3) is 0 Å². The summed E-state index contributed by atoms with van der Waals surface area (Å²) in [6, 6.07) is 8.51. The van der Waals surface area contributed by atoms with E-state index in [1.807, 2.05) is 24.3 Å². The van der Waals surface area contributed by atoms with E-state index in [0.717, 1.165) is 50.5 Å². The number of rotatable bonds is 4. The van der Waals surface area contributed by atoms with Crippen LogP contribution >= 0.6 is 0 Å². The van der Waals surface area contributed by atoms with Crippen LogP contribution in [0.25, 0.3) is 0 Å². The van der Waals surface area contributed by atoms with Crippen LogP contribution in [0.3, 0.4) is 0 Å². The highest BCUT2D eigenvalue weighted by molar-refractivity contribution is 6.10. The van der Waals surface area contributed by atoms with Crippen molar-refractivity contribution in [3.8, 4) is 0 Å². The number of halogens is 3. The standard InChI is InChI=1S/C27H33F3N6O2/c1-18-14-20(27(28,29)30)16-23(31-18)36-24(37)15-19-17-35(13-12-34-10-8-32(2)9-11-34)22-7-5-4-6-21(22)33(3)26(38)25(19)36/h4-7,14,16,19,25H,8-13,15,17H2,1-3H3/t19-,25+/m1/s1. The van der Waals surface area contributed by atoms with Crippen LogP contribution in [-0.4, -0.2) is 92.5 Å². The third-order valence-electron chi connectivity index (χ3n) is 7.85. The lowest BCUT2D eigenvalue weighted by molar-refractivity contribution is -0.137. The molecule has 2 fully saturated rings. The number of fused-ring (bicyclic) bond motifs is 2. The van der Waals surface area contributed by atoms with Gasteiger partial charge in [-0.25, -0.2) is 4.98 Å². The van der Waals surface area contributed by atoms with Crippen LogP contribution in [0, 0.1) is 12.8 Å². The Bertz CT molecular complexity index is 1210. The van der Waals surface area contributed by atoms with Crippen molar-refractivity contribution in [2.24, 2.45) is 5.92 Å². The Morgan fingerprint density at radius 1 is 0.974 bits per heavy atom. The van der Waals surface area contributed by atoms with Crippen molar-refractivity contribution in [3.05, 3.63) is 47.7 Å². The zero-order valence-corrected chi connectivity index (χ0v) is 21.9. The Morgan fingerprint density at radius 3 is 2.34 bits per heavy atom. The largest absolute Gasteiger partial charge is 0.416 e. The van der Waals surface area contributed by atoms with E-state index in [1.54, 1.807) is 7.05 Å². The van der Waals surface area contributed by atoms with Gasteiger partial charge in [0.1, 0.15) is 11.9 Å². The molecule has 0 saturated carbocycles. The summed E-state index contributed by atoms with van der Waals surface area (Å²) in [6.45, 7) is 7.40. The number of pyridine rings is 1. The third kappa shape index (κ3) is 5.09. The van der Waals surface area contributed by atoms with E-state index >= 15 is 0 Å². The summed E-state index contributed by atoms with van der Waals surface area (Å²) in [7, 11) is 3.77. The summed E-state index contributed by atoms with van der Waals surface area (Å²) in [6.07, 6.45) is -4.53. The van der Waals surface area contributed by atoms with Gasteiger partial charge in [-0.3, -0.25) is 19.4 Å². The molecule has 0 radical (unpaired) electrons. The van der Waals surface area contributed by atoms with Gasteiger partial charge >= 0.3 is 6.18 Å². The number of hydrogen-bond acceptors (Lipinski definition) is 6. The second-order valence-electron chi connectivity index (χ2n) is 10.5. The quantitative estimate of drug-likeness (QED) is 0.606. The summed E-state index contributed by atoms with van der Waals surface area (Å²) in [4.78, 5) is 41.1. The van der Waals surface area contributed by atoms with Crippen LogP contribution in [0.1, 0.15) is 17.7 Å². The smallest absolute Gasteiger partial charge is 0.368 e. The van der Waals surface area contributed by atoms with Crippen molar-refractivity contribution in [2.75, 3.05) is 74.6 Å².